The quantitative estimate of drug-likeness (QED) is 0.700. The molecule has 7 heteroatoms. The maximum absolute atomic E-state index is 13.0. The number of benzene rings is 2. The van der Waals surface area contributed by atoms with Gasteiger partial charge >= 0.3 is 0 Å². The molecule has 0 spiro atoms. The van der Waals surface area contributed by atoms with E-state index < -0.39 is 0 Å². The number of ether oxygens (including phenoxy) is 1. The number of halogens is 1. The first-order chi connectivity index (χ1) is 13.2. The molecule has 2 heterocycles. The number of thiazole rings is 1. The Labute approximate surface area is 159 Å². The lowest BCUT2D eigenvalue weighted by Gasteiger charge is -2.18. The molecule has 27 heavy (non-hydrogen) atoms. The van der Waals surface area contributed by atoms with E-state index in [2.05, 4.69) is 15.5 Å². The van der Waals surface area contributed by atoms with E-state index in [1.165, 1.54) is 23.5 Å². The summed E-state index contributed by atoms with van der Waals surface area (Å²) >= 11 is 1.42. The average molecular weight is 381 g/mol. The van der Waals surface area contributed by atoms with Crippen molar-refractivity contribution < 1.29 is 13.9 Å². The fourth-order valence-electron chi connectivity index (χ4n) is 2.79. The van der Waals surface area contributed by atoms with Crippen molar-refractivity contribution in [3.05, 3.63) is 71.0 Å². The molecule has 0 bridgehead atoms. The van der Waals surface area contributed by atoms with Gasteiger partial charge in [0.05, 0.1) is 24.4 Å². The molecule has 0 saturated heterocycles. The molecular weight excluding hydrogens is 365 g/mol. The minimum atomic E-state index is -0.288. The van der Waals surface area contributed by atoms with E-state index in [0.717, 1.165) is 27.6 Å². The summed E-state index contributed by atoms with van der Waals surface area (Å²) in [5, 5.41) is 6.85. The highest BCUT2D eigenvalue weighted by Gasteiger charge is 2.16. The van der Waals surface area contributed by atoms with Crippen LogP contribution in [-0.2, 0) is 11.2 Å². The number of carbonyl (C=O) groups excluding carboxylic acids is 1. The molecule has 5 nitrogen and oxygen atoms in total. The largest absolute Gasteiger partial charge is 0.492 e. The lowest BCUT2D eigenvalue weighted by atomic mass is 10.0. The second-order valence-electron chi connectivity index (χ2n) is 6.02. The van der Waals surface area contributed by atoms with Crippen molar-refractivity contribution in [2.45, 2.75) is 12.8 Å². The van der Waals surface area contributed by atoms with E-state index in [1.54, 1.807) is 12.1 Å². The number of hydrazone groups is 1. The average Bonchev–Trinajstić information content (AvgIpc) is 3.15. The standard InChI is InChI=1S/C20H16FN3O2S/c21-14-7-5-13(6-8-14)20-22-15(12-27-20)11-19(25)24-23-17-9-10-26-18-4-2-1-3-16(17)18/h1-8,12H,9-11H2,(H,24,25). The summed E-state index contributed by atoms with van der Waals surface area (Å²) in [6.45, 7) is 0.541. The van der Waals surface area contributed by atoms with Gasteiger partial charge in [-0.25, -0.2) is 14.8 Å². The van der Waals surface area contributed by atoms with Gasteiger partial charge in [-0.05, 0) is 36.4 Å². The van der Waals surface area contributed by atoms with Crippen LogP contribution >= 0.6 is 11.3 Å². The van der Waals surface area contributed by atoms with Crippen LogP contribution in [0.3, 0.4) is 0 Å². The van der Waals surface area contributed by atoms with Crippen LogP contribution in [0.5, 0.6) is 5.75 Å². The summed E-state index contributed by atoms with van der Waals surface area (Å²) in [7, 11) is 0. The Balaban J connectivity index is 1.41. The number of rotatable bonds is 4. The predicted molar refractivity (Wildman–Crippen MR) is 102 cm³/mol. The van der Waals surface area contributed by atoms with Crippen LogP contribution < -0.4 is 10.2 Å². The van der Waals surface area contributed by atoms with E-state index in [4.69, 9.17) is 4.74 Å². The van der Waals surface area contributed by atoms with Gasteiger partial charge < -0.3 is 4.74 Å². The Morgan fingerprint density at radius 3 is 2.89 bits per heavy atom. The zero-order valence-corrected chi connectivity index (χ0v) is 15.1. The monoisotopic (exact) mass is 381 g/mol. The molecule has 136 valence electrons. The number of fused-ring (bicyclic) bond motifs is 1. The fourth-order valence-corrected chi connectivity index (χ4v) is 3.61. The minimum absolute atomic E-state index is 0.132. The Bertz CT molecular complexity index is 998. The topological polar surface area (TPSA) is 63.6 Å². The molecule has 0 saturated carbocycles. The van der Waals surface area contributed by atoms with Gasteiger partial charge in [0.25, 0.3) is 0 Å². The van der Waals surface area contributed by atoms with Crippen molar-refractivity contribution in [1.29, 1.82) is 0 Å². The minimum Gasteiger partial charge on any atom is -0.492 e. The zero-order valence-electron chi connectivity index (χ0n) is 14.3. The highest BCUT2D eigenvalue weighted by atomic mass is 32.1. The Kier molecular flexibility index (Phi) is 4.93. The number of para-hydroxylation sites is 1. The van der Waals surface area contributed by atoms with Crippen molar-refractivity contribution in [2.75, 3.05) is 6.61 Å². The van der Waals surface area contributed by atoms with Crippen LogP contribution in [0, 0.1) is 5.82 Å². The molecule has 1 N–H and O–H groups in total. The molecule has 3 aromatic rings. The lowest BCUT2D eigenvalue weighted by Crippen LogP contribution is -2.24. The summed E-state index contributed by atoms with van der Waals surface area (Å²) in [6, 6.07) is 13.8. The van der Waals surface area contributed by atoms with Crippen LogP contribution in [-0.4, -0.2) is 23.2 Å². The van der Waals surface area contributed by atoms with Crippen molar-refractivity contribution in [2.24, 2.45) is 5.10 Å². The third kappa shape index (κ3) is 4.03. The number of nitrogens with one attached hydrogen (secondary N) is 1. The molecular formula is C20H16FN3O2S. The molecule has 0 radical (unpaired) electrons. The number of nitrogens with zero attached hydrogens (tertiary/aromatic N) is 2. The third-order valence-corrected chi connectivity index (χ3v) is 5.03. The molecule has 2 aromatic carbocycles. The van der Waals surface area contributed by atoms with Gasteiger partial charge in [0.15, 0.2) is 0 Å². The van der Waals surface area contributed by atoms with Crippen molar-refractivity contribution in [1.82, 2.24) is 10.4 Å². The van der Waals surface area contributed by atoms with Gasteiger partial charge in [0, 0.05) is 22.9 Å². The summed E-state index contributed by atoms with van der Waals surface area (Å²) in [4.78, 5) is 16.7. The maximum atomic E-state index is 13.0. The predicted octanol–water partition coefficient (Wildman–Crippen LogP) is 3.79. The SMILES string of the molecule is O=C(Cc1csc(-c2ccc(F)cc2)n1)NN=C1CCOc2ccccc21. The second-order valence-corrected chi connectivity index (χ2v) is 6.87. The van der Waals surface area contributed by atoms with Gasteiger partial charge in [-0.15, -0.1) is 11.3 Å². The molecule has 1 aliphatic rings. The Hall–Kier alpha value is -3.06. The molecule has 0 unspecified atom stereocenters. The van der Waals surface area contributed by atoms with Crippen LogP contribution in [0.15, 0.2) is 59.0 Å². The van der Waals surface area contributed by atoms with Crippen LogP contribution in [0.25, 0.3) is 10.6 Å². The van der Waals surface area contributed by atoms with E-state index in [1.807, 2.05) is 29.6 Å². The van der Waals surface area contributed by atoms with Crippen molar-refractivity contribution >= 4 is 23.0 Å². The summed E-state index contributed by atoms with van der Waals surface area (Å²) in [5.41, 5.74) is 5.79. The molecule has 0 atom stereocenters. The molecule has 1 amide bonds. The summed E-state index contributed by atoms with van der Waals surface area (Å²) < 4.78 is 18.6. The van der Waals surface area contributed by atoms with Crippen molar-refractivity contribution in [3.63, 3.8) is 0 Å². The second kappa shape index (κ2) is 7.67. The number of hydrogen-bond donors (Lipinski definition) is 1. The first-order valence-corrected chi connectivity index (χ1v) is 9.35. The highest BCUT2D eigenvalue weighted by molar-refractivity contribution is 7.13. The highest BCUT2D eigenvalue weighted by Crippen LogP contribution is 2.25. The van der Waals surface area contributed by atoms with Gasteiger partial charge in [0.1, 0.15) is 16.6 Å². The molecule has 0 fully saturated rings. The van der Waals surface area contributed by atoms with Gasteiger partial charge in [-0.2, -0.15) is 5.10 Å². The van der Waals surface area contributed by atoms with Crippen LogP contribution in [0.1, 0.15) is 17.7 Å². The molecule has 1 aliphatic heterocycles. The molecule has 0 aliphatic carbocycles. The summed E-state index contributed by atoms with van der Waals surface area (Å²) in [5.74, 6) is 0.256. The first-order valence-electron chi connectivity index (χ1n) is 8.47. The van der Waals surface area contributed by atoms with Gasteiger partial charge in [0.2, 0.25) is 5.91 Å². The van der Waals surface area contributed by atoms with Crippen LogP contribution in [0.2, 0.25) is 0 Å². The number of carbonyl (C=O) groups is 1. The normalized spacial score (nSPS) is 14.5. The van der Waals surface area contributed by atoms with E-state index in [-0.39, 0.29) is 18.1 Å². The van der Waals surface area contributed by atoms with Gasteiger partial charge in [-0.1, -0.05) is 12.1 Å². The maximum Gasteiger partial charge on any atom is 0.246 e. The molecule has 1 aromatic heterocycles. The third-order valence-electron chi connectivity index (χ3n) is 4.09. The Morgan fingerprint density at radius 1 is 1.22 bits per heavy atom. The number of hydrogen-bond acceptors (Lipinski definition) is 5. The first kappa shape index (κ1) is 17.4. The number of aromatic nitrogens is 1. The van der Waals surface area contributed by atoms with Crippen LogP contribution in [0.4, 0.5) is 4.39 Å². The molecule has 4 rings (SSSR count). The fraction of sp³-hybridized carbons (Fsp3) is 0.150. The van der Waals surface area contributed by atoms with E-state index in [0.29, 0.717) is 18.7 Å². The zero-order chi connectivity index (χ0) is 18.6. The number of amides is 1. The van der Waals surface area contributed by atoms with Gasteiger partial charge in [-0.3, -0.25) is 4.79 Å². The smallest absolute Gasteiger partial charge is 0.246 e. The summed E-state index contributed by atoms with van der Waals surface area (Å²) in [6.07, 6.45) is 0.773. The van der Waals surface area contributed by atoms with E-state index in [9.17, 15) is 9.18 Å². The van der Waals surface area contributed by atoms with E-state index >= 15 is 0 Å². The lowest BCUT2D eigenvalue weighted by molar-refractivity contribution is -0.120. The Morgan fingerprint density at radius 2 is 2.04 bits per heavy atom. The van der Waals surface area contributed by atoms with Crippen molar-refractivity contribution in [3.8, 4) is 16.3 Å².